The van der Waals surface area contributed by atoms with Crippen LogP contribution in [0.5, 0.6) is 5.75 Å². The third-order valence-corrected chi connectivity index (χ3v) is 5.99. The number of nitrogens with two attached hydrogens (primary N) is 1. The summed E-state index contributed by atoms with van der Waals surface area (Å²) in [7, 11) is 1.81. The van der Waals surface area contributed by atoms with Crippen LogP contribution in [0.4, 0.5) is 5.95 Å². The average Bonchev–Trinajstić information content (AvgIpc) is 2.85. The molecule has 0 unspecified atom stereocenters. The van der Waals surface area contributed by atoms with Crippen molar-refractivity contribution in [1.29, 1.82) is 0 Å². The van der Waals surface area contributed by atoms with Crippen molar-refractivity contribution < 1.29 is 14.3 Å². The van der Waals surface area contributed by atoms with E-state index in [1.54, 1.807) is 17.9 Å². The van der Waals surface area contributed by atoms with Gasteiger partial charge in [0.05, 0.1) is 23.4 Å². The van der Waals surface area contributed by atoms with Crippen molar-refractivity contribution in [2.24, 2.45) is 0 Å². The van der Waals surface area contributed by atoms with Crippen LogP contribution < -0.4 is 15.8 Å². The van der Waals surface area contributed by atoms with Gasteiger partial charge in [0.15, 0.2) is 0 Å². The van der Waals surface area contributed by atoms with Crippen molar-refractivity contribution in [3.8, 4) is 5.75 Å². The molecule has 2 aromatic rings. The second kappa shape index (κ2) is 7.35. The van der Waals surface area contributed by atoms with E-state index in [0.717, 1.165) is 25.7 Å². The first-order chi connectivity index (χ1) is 13.9. The molecule has 2 amide bonds. The number of amides is 2. The Hall–Kier alpha value is -3.16. The second-order valence-electron chi connectivity index (χ2n) is 7.84. The molecule has 29 heavy (non-hydrogen) atoms. The van der Waals surface area contributed by atoms with Crippen molar-refractivity contribution in [3.63, 3.8) is 0 Å². The molecule has 1 fully saturated rings. The van der Waals surface area contributed by atoms with Crippen molar-refractivity contribution in [3.05, 3.63) is 47.3 Å². The molecule has 152 valence electrons. The number of anilines is 1. The normalized spacial score (nSPS) is 23.5. The number of aryl methyl sites for hydroxylation is 1. The minimum absolute atomic E-state index is 0.0860. The van der Waals surface area contributed by atoms with Crippen molar-refractivity contribution in [2.75, 3.05) is 19.3 Å². The molecule has 1 aliphatic heterocycles. The number of aromatic nitrogens is 2. The predicted molar refractivity (Wildman–Crippen MR) is 108 cm³/mol. The van der Waals surface area contributed by atoms with Crippen LogP contribution >= 0.6 is 0 Å². The second-order valence-corrected chi connectivity index (χ2v) is 7.84. The molecular weight excluding hydrogens is 370 g/mol. The largest absolute Gasteiger partial charge is 0.485 e. The zero-order valence-electron chi connectivity index (χ0n) is 16.6. The fourth-order valence-corrected chi connectivity index (χ4v) is 4.19. The van der Waals surface area contributed by atoms with E-state index in [1.807, 2.05) is 25.2 Å². The van der Waals surface area contributed by atoms with Gasteiger partial charge < -0.3 is 20.7 Å². The first-order valence-corrected chi connectivity index (χ1v) is 9.81. The number of hydrogen-bond donors (Lipinski definition) is 2. The maximum atomic E-state index is 12.9. The molecule has 2 heterocycles. The van der Waals surface area contributed by atoms with Gasteiger partial charge in [0.2, 0.25) is 5.95 Å². The number of rotatable bonds is 2. The zero-order chi connectivity index (χ0) is 20.6. The Morgan fingerprint density at radius 2 is 2.03 bits per heavy atom. The summed E-state index contributed by atoms with van der Waals surface area (Å²) in [6.45, 7) is 2.23. The lowest BCUT2D eigenvalue weighted by molar-refractivity contribution is 0.0103. The quantitative estimate of drug-likeness (QED) is 0.804. The van der Waals surface area contributed by atoms with Crippen LogP contribution in [0.15, 0.2) is 30.5 Å². The van der Waals surface area contributed by atoms with Crippen LogP contribution in [0.2, 0.25) is 0 Å². The van der Waals surface area contributed by atoms with Crippen molar-refractivity contribution in [2.45, 2.75) is 44.2 Å². The van der Waals surface area contributed by atoms with Crippen molar-refractivity contribution >= 4 is 17.8 Å². The first-order valence-electron chi connectivity index (χ1n) is 9.81. The Bertz CT molecular complexity index is 953. The molecule has 1 spiro atoms. The highest BCUT2D eigenvalue weighted by Gasteiger charge is 2.41. The smallest absolute Gasteiger partial charge is 0.257 e. The van der Waals surface area contributed by atoms with E-state index in [0.29, 0.717) is 29.1 Å². The number of nitrogen functional groups attached to an aromatic ring is 1. The number of carbonyl (C=O) groups is 2. The molecule has 3 N–H and O–H groups in total. The van der Waals surface area contributed by atoms with Crippen LogP contribution in [0.25, 0.3) is 0 Å². The van der Waals surface area contributed by atoms with E-state index in [1.165, 1.54) is 6.20 Å². The molecule has 1 aromatic carbocycles. The monoisotopic (exact) mass is 395 g/mol. The SMILES string of the molecule is Cc1nc(N)ncc1C(=O)N(C)C1CCC2(CC1)CNC(=O)c1ccccc1O2. The number of hydrogen-bond acceptors (Lipinski definition) is 6. The van der Waals surface area contributed by atoms with Gasteiger partial charge in [-0.3, -0.25) is 9.59 Å². The molecule has 1 aromatic heterocycles. The Balaban J connectivity index is 1.46. The van der Waals surface area contributed by atoms with Gasteiger partial charge in [-0.15, -0.1) is 0 Å². The van der Waals surface area contributed by atoms with E-state index in [9.17, 15) is 9.59 Å². The molecule has 0 radical (unpaired) electrons. The lowest BCUT2D eigenvalue weighted by Gasteiger charge is -2.42. The number of fused-ring (bicyclic) bond motifs is 1. The number of carbonyl (C=O) groups excluding carboxylic acids is 2. The Morgan fingerprint density at radius 1 is 1.31 bits per heavy atom. The maximum absolute atomic E-state index is 12.9. The topological polar surface area (TPSA) is 110 Å². The maximum Gasteiger partial charge on any atom is 0.257 e. The average molecular weight is 395 g/mol. The molecule has 0 atom stereocenters. The summed E-state index contributed by atoms with van der Waals surface area (Å²) < 4.78 is 6.34. The number of benzene rings is 1. The van der Waals surface area contributed by atoms with Gasteiger partial charge in [-0.25, -0.2) is 9.97 Å². The summed E-state index contributed by atoms with van der Waals surface area (Å²) in [5.74, 6) is 0.573. The summed E-state index contributed by atoms with van der Waals surface area (Å²) in [5, 5.41) is 2.99. The zero-order valence-corrected chi connectivity index (χ0v) is 16.6. The fourth-order valence-electron chi connectivity index (χ4n) is 4.19. The van der Waals surface area contributed by atoms with Crippen LogP contribution in [0.3, 0.4) is 0 Å². The van der Waals surface area contributed by atoms with Gasteiger partial charge >= 0.3 is 0 Å². The Morgan fingerprint density at radius 3 is 2.76 bits per heavy atom. The highest BCUT2D eigenvalue weighted by atomic mass is 16.5. The van der Waals surface area contributed by atoms with E-state index in [4.69, 9.17) is 10.5 Å². The van der Waals surface area contributed by atoms with Gasteiger partial charge in [0.1, 0.15) is 11.4 Å². The number of ether oxygens (including phenoxy) is 1. The van der Waals surface area contributed by atoms with Crippen LogP contribution in [-0.2, 0) is 0 Å². The highest BCUT2D eigenvalue weighted by molar-refractivity contribution is 5.97. The van der Waals surface area contributed by atoms with E-state index in [-0.39, 0.29) is 23.8 Å². The molecule has 2 aliphatic rings. The van der Waals surface area contributed by atoms with Crippen LogP contribution in [0.1, 0.15) is 52.1 Å². The minimum atomic E-state index is -0.442. The van der Waals surface area contributed by atoms with Gasteiger partial charge in [-0.1, -0.05) is 12.1 Å². The van der Waals surface area contributed by atoms with E-state index < -0.39 is 5.60 Å². The third-order valence-electron chi connectivity index (χ3n) is 5.99. The van der Waals surface area contributed by atoms with E-state index >= 15 is 0 Å². The summed E-state index contributed by atoms with van der Waals surface area (Å²) in [6.07, 6.45) is 4.56. The lowest BCUT2D eigenvalue weighted by Crippen LogP contribution is -2.51. The molecule has 0 saturated heterocycles. The van der Waals surface area contributed by atoms with Crippen LogP contribution in [-0.4, -0.2) is 51.9 Å². The summed E-state index contributed by atoms with van der Waals surface area (Å²) in [4.78, 5) is 35.1. The van der Waals surface area contributed by atoms with Crippen molar-refractivity contribution in [1.82, 2.24) is 20.2 Å². The molecule has 1 aliphatic carbocycles. The van der Waals surface area contributed by atoms with E-state index in [2.05, 4.69) is 15.3 Å². The number of para-hydroxylation sites is 1. The Kier molecular flexibility index (Phi) is 4.86. The summed E-state index contributed by atoms with van der Waals surface area (Å²) >= 11 is 0. The third kappa shape index (κ3) is 3.62. The molecule has 4 rings (SSSR count). The van der Waals surface area contributed by atoms with Gasteiger partial charge in [0, 0.05) is 19.3 Å². The fraction of sp³-hybridized carbons (Fsp3) is 0.429. The molecule has 8 nitrogen and oxygen atoms in total. The molecule has 8 heteroatoms. The Labute approximate surface area is 169 Å². The standard InChI is InChI=1S/C21H25N5O3/c1-13-16(11-23-20(22)25-13)19(28)26(2)14-7-9-21(10-8-14)12-24-18(27)15-5-3-4-6-17(15)29-21/h3-6,11,14H,7-10,12H2,1-2H3,(H,24,27)(H2,22,23,25). The summed E-state index contributed by atoms with van der Waals surface area (Å²) in [5.41, 5.74) is 6.76. The van der Waals surface area contributed by atoms with Gasteiger partial charge in [-0.05, 0) is 44.7 Å². The molecular formula is C21H25N5O3. The summed E-state index contributed by atoms with van der Waals surface area (Å²) in [6, 6.07) is 7.41. The minimum Gasteiger partial charge on any atom is -0.485 e. The van der Waals surface area contributed by atoms with Gasteiger partial charge in [0.25, 0.3) is 11.8 Å². The molecule has 0 bridgehead atoms. The predicted octanol–water partition coefficient (Wildman–Crippen LogP) is 1.94. The highest BCUT2D eigenvalue weighted by Crippen LogP contribution is 2.37. The number of nitrogens with one attached hydrogen (secondary N) is 1. The number of nitrogens with zero attached hydrogens (tertiary/aromatic N) is 3. The lowest BCUT2D eigenvalue weighted by atomic mass is 9.81. The van der Waals surface area contributed by atoms with Gasteiger partial charge in [-0.2, -0.15) is 0 Å². The molecule has 1 saturated carbocycles. The first kappa shape index (κ1) is 19.2. The van der Waals surface area contributed by atoms with Crippen LogP contribution in [0, 0.1) is 6.92 Å².